The molecule has 0 spiro atoms. The van der Waals surface area contributed by atoms with Gasteiger partial charge in [-0.15, -0.1) is 0 Å². The number of fused-ring (bicyclic) bond motifs is 1. The number of hydrogen-bond acceptors (Lipinski definition) is 3. The Bertz CT molecular complexity index is 1100. The zero-order valence-electron chi connectivity index (χ0n) is 13.3. The van der Waals surface area contributed by atoms with Crippen LogP contribution in [-0.2, 0) is 0 Å². The Labute approximate surface area is 143 Å². The molecule has 2 aromatic carbocycles. The van der Waals surface area contributed by atoms with Crippen LogP contribution in [0, 0.1) is 0 Å². The van der Waals surface area contributed by atoms with Gasteiger partial charge < -0.3 is 9.40 Å². The summed E-state index contributed by atoms with van der Waals surface area (Å²) in [5, 5.41) is 4.73. The Balaban J connectivity index is 1.73. The van der Waals surface area contributed by atoms with Gasteiger partial charge in [0, 0.05) is 6.20 Å². The van der Waals surface area contributed by atoms with Crippen molar-refractivity contribution < 1.29 is 4.42 Å². The summed E-state index contributed by atoms with van der Waals surface area (Å²) in [7, 11) is 0. The van der Waals surface area contributed by atoms with E-state index >= 15 is 0 Å². The second-order valence-electron chi connectivity index (χ2n) is 5.75. The number of benzene rings is 2. The first-order valence-electron chi connectivity index (χ1n) is 8.02. The van der Waals surface area contributed by atoms with Crippen LogP contribution in [0.5, 0.6) is 0 Å². The van der Waals surface area contributed by atoms with E-state index in [1.54, 1.807) is 6.26 Å². The molecule has 5 aromatic rings. The monoisotopic (exact) mass is 326 g/mol. The Kier molecular flexibility index (Phi) is 3.03. The lowest BCUT2D eigenvalue weighted by Crippen LogP contribution is -1.93. The molecule has 5 rings (SSSR count). The van der Waals surface area contributed by atoms with E-state index in [9.17, 15) is 0 Å². The third kappa shape index (κ3) is 2.33. The molecule has 3 aromatic heterocycles. The van der Waals surface area contributed by atoms with Crippen LogP contribution in [0.4, 0.5) is 0 Å². The average molecular weight is 326 g/mol. The van der Waals surface area contributed by atoms with E-state index in [0.717, 1.165) is 33.8 Å². The maximum Gasteiger partial charge on any atom is 0.154 e. The van der Waals surface area contributed by atoms with Crippen LogP contribution >= 0.6 is 0 Å². The van der Waals surface area contributed by atoms with Gasteiger partial charge in [-0.25, -0.2) is 9.67 Å². The van der Waals surface area contributed by atoms with E-state index in [1.165, 1.54) is 0 Å². The lowest BCUT2D eigenvalue weighted by Gasteiger charge is -1.98. The predicted molar refractivity (Wildman–Crippen MR) is 96.4 cm³/mol. The molecule has 0 radical (unpaired) electrons. The molecular weight excluding hydrogens is 312 g/mol. The molecular formula is C20H14N4O. The van der Waals surface area contributed by atoms with E-state index < -0.39 is 0 Å². The maximum absolute atomic E-state index is 5.59. The van der Waals surface area contributed by atoms with Gasteiger partial charge in [0.2, 0.25) is 0 Å². The molecule has 0 bridgehead atoms. The van der Waals surface area contributed by atoms with Crippen LogP contribution in [0.1, 0.15) is 0 Å². The normalized spacial score (nSPS) is 11.2. The summed E-state index contributed by atoms with van der Waals surface area (Å²) in [5.41, 5.74) is 4.56. The molecule has 0 unspecified atom stereocenters. The van der Waals surface area contributed by atoms with Crippen molar-refractivity contribution in [2.24, 2.45) is 0 Å². The van der Waals surface area contributed by atoms with E-state index in [-0.39, 0.29) is 0 Å². The summed E-state index contributed by atoms with van der Waals surface area (Å²) in [6, 6.07) is 21.7. The number of H-pyrrole nitrogens is 1. The van der Waals surface area contributed by atoms with Gasteiger partial charge in [0.05, 0.1) is 28.5 Å². The number of aromatic nitrogens is 4. The molecule has 25 heavy (non-hydrogen) atoms. The van der Waals surface area contributed by atoms with Crippen molar-refractivity contribution in [3.8, 4) is 28.5 Å². The summed E-state index contributed by atoms with van der Waals surface area (Å²) in [6.45, 7) is 0. The maximum atomic E-state index is 5.59. The Morgan fingerprint density at radius 2 is 1.72 bits per heavy atom. The Hall–Kier alpha value is -3.60. The minimum atomic E-state index is 0.713. The van der Waals surface area contributed by atoms with Crippen molar-refractivity contribution in [2.75, 3.05) is 0 Å². The van der Waals surface area contributed by atoms with Crippen molar-refractivity contribution in [3.63, 3.8) is 0 Å². The van der Waals surface area contributed by atoms with Crippen LogP contribution in [0.3, 0.4) is 0 Å². The molecule has 0 saturated heterocycles. The first-order valence-corrected chi connectivity index (χ1v) is 8.02. The highest BCUT2D eigenvalue weighted by Gasteiger charge is 2.18. The fraction of sp³-hybridized carbons (Fsp3) is 0. The largest absolute Gasteiger partial charge is 0.463 e. The van der Waals surface area contributed by atoms with E-state index in [4.69, 9.17) is 14.5 Å². The number of nitrogens with one attached hydrogen (secondary N) is 1. The number of furan rings is 1. The van der Waals surface area contributed by atoms with Crippen LogP contribution in [0.25, 0.3) is 39.6 Å². The number of imidazole rings is 1. The van der Waals surface area contributed by atoms with Crippen molar-refractivity contribution in [1.29, 1.82) is 0 Å². The first-order chi connectivity index (χ1) is 12.4. The molecule has 0 aliphatic heterocycles. The fourth-order valence-corrected chi connectivity index (χ4v) is 2.94. The third-order valence-corrected chi connectivity index (χ3v) is 4.13. The zero-order valence-corrected chi connectivity index (χ0v) is 13.3. The van der Waals surface area contributed by atoms with Gasteiger partial charge in [0.15, 0.2) is 5.76 Å². The smallest absolute Gasteiger partial charge is 0.154 e. The van der Waals surface area contributed by atoms with Gasteiger partial charge in [0.1, 0.15) is 11.5 Å². The van der Waals surface area contributed by atoms with E-state index in [0.29, 0.717) is 5.76 Å². The van der Waals surface area contributed by atoms with Gasteiger partial charge in [-0.2, -0.15) is 5.10 Å². The van der Waals surface area contributed by atoms with Gasteiger partial charge in [-0.3, -0.25) is 0 Å². The molecule has 0 atom stereocenters. The lowest BCUT2D eigenvalue weighted by atomic mass is 10.2. The van der Waals surface area contributed by atoms with E-state index in [1.807, 2.05) is 77.6 Å². The summed E-state index contributed by atoms with van der Waals surface area (Å²) in [4.78, 5) is 8.08. The molecule has 5 nitrogen and oxygen atoms in total. The van der Waals surface area contributed by atoms with E-state index in [2.05, 4.69) is 4.98 Å². The van der Waals surface area contributed by atoms with Crippen molar-refractivity contribution in [3.05, 3.63) is 79.2 Å². The van der Waals surface area contributed by atoms with Gasteiger partial charge >= 0.3 is 0 Å². The quantitative estimate of drug-likeness (QED) is 0.524. The zero-order chi connectivity index (χ0) is 16.6. The van der Waals surface area contributed by atoms with Crippen molar-refractivity contribution in [2.45, 2.75) is 0 Å². The molecule has 0 saturated carbocycles. The molecule has 1 N–H and O–H groups in total. The average Bonchev–Trinajstić information content (AvgIpc) is 3.39. The SMILES string of the molecule is c1ccc(-n2cc(-c3nc4ccccc4[nH]3)c(-c3ccco3)n2)cc1. The van der Waals surface area contributed by atoms with Crippen molar-refractivity contribution >= 4 is 11.0 Å². The molecule has 3 heterocycles. The van der Waals surface area contributed by atoms with Crippen LogP contribution < -0.4 is 0 Å². The second-order valence-corrected chi connectivity index (χ2v) is 5.75. The highest BCUT2D eigenvalue weighted by Crippen LogP contribution is 2.31. The number of hydrogen-bond donors (Lipinski definition) is 1. The van der Waals surface area contributed by atoms with Crippen LogP contribution in [-0.4, -0.2) is 19.7 Å². The second kappa shape index (κ2) is 5.49. The molecule has 0 aliphatic rings. The van der Waals surface area contributed by atoms with Gasteiger partial charge in [-0.1, -0.05) is 30.3 Å². The predicted octanol–water partition coefficient (Wildman–Crippen LogP) is 4.68. The number of aromatic amines is 1. The molecule has 0 aliphatic carbocycles. The lowest BCUT2D eigenvalue weighted by molar-refractivity contribution is 0.579. The van der Waals surface area contributed by atoms with Crippen molar-refractivity contribution in [1.82, 2.24) is 19.7 Å². The standard InChI is InChI=1S/C20H14N4O/c1-2-7-14(8-3-1)24-13-15(19(23-24)18-11-6-12-25-18)20-21-16-9-4-5-10-17(16)22-20/h1-13H,(H,21,22). The Morgan fingerprint density at radius 1 is 0.880 bits per heavy atom. The number of nitrogens with zero attached hydrogens (tertiary/aromatic N) is 3. The topological polar surface area (TPSA) is 59.6 Å². The first kappa shape index (κ1) is 13.8. The highest BCUT2D eigenvalue weighted by molar-refractivity contribution is 5.83. The third-order valence-electron chi connectivity index (χ3n) is 4.13. The van der Waals surface area contributed by atoms with Crippen LogP contribution in [0.15, 0.2) is 83.6 Å². The van der Waals surface area contributed by atoms with Gasteiger partial charge in [0.25, 0.3) is 0 Å². The summed E-state index contributed by atoms with van der Waals surface area (Å²) >= 11 is 0. The minimum Gasteiger partial charge on any atom is -0.463 e. The summed E-state index contributed by atoms with van der Waals surface area (Å²) in [5.74, 6) is 1.49. The Morgan fingerprint density at radius 3 is 2.52 bits per heavy atom. The molecule has 5 heteroatoms. The fourth-order valence-electron chi connectivity index (χ4n) is 2.94. The van der Waals surface area contributed by atoms with Crippen LogP contribution in [0.2, 0.25) is 0 Å². The highest BCUT2D eigenvalue weighted by atomic mass is 16.3. The molecule has 120 valence electrons. The molecule has 0 amide bonds. The minimum absolute atomic E-state index is 0.713. The summed E-state index contributed by atoms with van der Waals surface area (Å²) < 4.78 is 7.44. The summed E-state index contributed by atoms with van der Waals surface area (Å²) in [6.07, 6.45) is 3.63. The number of rotatable bonds is 3. The number of para-hydroxylation sites is 3. The van der Waals surface area contributed by atoms with Gasteiger partial charge in [-0.05, 0) is 36.4 Å². The molecule has 0 fully saturated rings.